The molecular formula is C60H69ClFN9O10S. The molecule has 2 saturated heterocycles. The van der Waals surface area contributed by atoms with Crippen molar-refractivity contribution in [3.8, 4) is 27.3 Å². The van der Waals surface area contributed by atoms with Crippen molar-refractivity contribution in [1.29, 1.82) is 0 Å². The number of piperazine rings is 1. The monoisotopic (exact) mass is 1160 g/mol. The summed E-state index contributed by atoms with van der Waals surface area (Å²) in [6, 6.07) is 21.1. The van der Waals surface area contributed by atoms with Crippen molar-refractivity contribution >= 4 is 79.9 Å². The summed E-state index contributed by atoms with van der Waals surface area (Å²) < 4.78 is 39.9. The highest BCUT2D eigenvalue weighted by Gasteiger charge is 2.42. The highest BCUT2D eigenvalue weighted by Crippen LogP contribution is 2.43. The second-order valence-corrected chi connectivity index (χ2v) is 22.2. The highest BCUT2D eigenvalue weighted by atomic mass is 35.5. The van der Waals surface area contributed by atoms with E-state index >= 15 is 4.39 Å². The first-order chi connectivity index (χ1) is 39.5. The number of phenols is 1. The number of aryl methyl sites for hydroxylation is 2. The van der Waals surface area contributed by atoms with Crippen molar-refractivity contribution < 1.29 is 52.5 Å². The number of Topliss-reactive ketones (excluding diaryl/α,β-unsaturated/α-hetero) is 1. The number of halogens is 2. The first-order valence-electron chi connectivity index (χ1n) is 27.6. The third-order valence-electron chi connectivity index (χ3n) is 15.1. The number of carbonyl (C=O) groups is 4. The molecule has 5 heterocycles. The molecule has 0 spiro atoms. The molecule has 19 nitrogen and oxygen atoms in total. The number of benzene rings is 4. The number of fused-ring (bicyclic) bond motifs is 2. The third kappa shape index (κ3) is 14.2. The quantitative estimate of drug-likeness (QED) is 0.0456. The Labute approximate surface area is 484 Å². The number of amides is 3. The van der Waals surface area contributed by atoms with Gasteiger partial charge in [0.1, 0.15) is 28.8 Å². The van der Waals surface area contributed by atoms with Crippen LogP contribution < -0.4 is 10.2 Å². The maximum atomic E-state index is 17.0. The second kappa shape index (κ2) is 27.3. The lowest BCUT2D eigenvalue weighted by atomic mass is 9.91. The van der Waals surface area contributed by atoms with Gasteiger partial charge in [0, 0.05) is 103 Å². The molecule has 4 aromatic carbocycles. The Bertz CT molecular complexity index is 3390. The van der Waals surface area contributed by atoms with Crippen LogP contribution in [0, 0.1) is 19.7 Å². The molecule has 2 aliphatic rings. The van der Waals surface area contributed by atoms with E-state index in [4.69, 9.17) is 35.3 Å². The maximum absolute atomic E-state index is 17.0. The van der Waals surface area contributed by atoms with Crippen LogP contribution in [-0.4, -0.2) is 173 Å². The van der Waals surface area contributed by atoms with Gasteiger partial charge >= 0.3 is 0 Å². The minimum absolute atomic E-state index is 0.00833. The average molecular weight is 1160 g/mol. The van der Waals surface area contributed by atoms with E-state index in [0.29, 0.717) is 71.7 Å². The summed E-state index contributed by atoms with van der Waals surface area (Å²) in [7, 11) is 1.68. The number of aliphatic hydroxyl groups is 1. The summed E-state index contributed by atoms with van der Waals surface area (Å²) in [5.74, 6) is -1.35. The van der Waals surface area contributed by atoms with Gasteiger partial charge in [0.15, 0.2) is 11.6 Å². The van der Waals surface area contributed by atoms with Gasteiger partial charge in [0.05, 0.1) is 72.0 Å². The molecule has 3 aromatic heterocycles. The number of hydrogen-bond donors (Lipinski definition) is 3. The number of phenolic OH excluding ortho intramolecular Hbond substituents is 1. The topological polar surface area (TPSA) is 226 Å². The molecule has 2 fully saturated rings. The number of aromatic hydroxyl groups is 1. The summed E-state index contributed by atoms with van der Waals surface area (Å²) in [5.41, 5.74) is 5.98. The molecule has 2 aliphatic heterocycles. The number of thiazole rings is 1. The number of aromatic nitrogens is 4. The number of likely N-dealkylation sites (N-methyl/N-ethyl adjacent to an activating group) is 1. The van der Waals surface area contributed by atoms with E-state index in [-0.39, 0.29) is 136 Å². The van der Waals surface area contributed by atoms with Crippen LogP contribution in [0.2, 0.25) is 5.02 Å². The Morgan fingerprint density at radius 3 is 2.34 bits per heavy atom. The number of nitrogens with one attached hydrogen (secondary N) is 1. The fourth-order valence-corrected chi connectivity index (χ4v) is 11.7. The fourth-order valence-electron chi connectivity index (χ4n) is 10.6. The molecule has 0 radical (unpaired) electrons. The van der Waals surface area contributed by atoms with Crippen LogP contribution in [0.5, 0.6) is 5.75 Å². The zero-order chi connectivity index (χ0) is 58.0. The Hall–Kier alpha value is -7.14. The molecular weight excluding hydrogens is 1090 g/mol. The van der Waals surface area contributed by atoms with E-state index in [0.717, 1.165) is 21.7 Å². The molecule has 4 atom stereocenters. The standard InChI is InChI=1S/C60H69ClFN9O10S/c1-36(40-10-12-41(13-11-40)57-38(3)64-35-82-57)28-51(75)50-32-44(74)34-71(50)59(77)46(52-29-37(2)67-81-52)15-22-78-24-26-80-27-25-79-23-21-68(5)53(76)14-16-63-60-65-56-48(58(66-60)70-19-17-69(18-20-70)39(4)72)33-49(61)54(55(56)62)47-31-43(73)30-42-8-6-7-9-45(42)47/h6-13,29-31,33,35-36,44,46,50,73-74H,14-28,32,34H2,1-5H3,(H,63,65,66)/t36-,44-,46?,50+/m1/s1. The van der Waals surface area contributed by atoms with E-state index in [1.54, 1.807) is 53.3 Å². The predicted molar refractivity (Wildman–Crippen MR) is 312 cm³/mol. The number of ether oxygens (including phenoxy) is 3. The first kappa shape index (κ1) is 59.5. The zero-order valence-corrected chi connectivity index (χ0v) is 48.3. The molecule has 0 saturated carbocycles. The molecule has 0 aliphatic carbocycles. The van der Waals surface area contributed by atoms with Crippen LogP contribution in [0.4, 0.5) is 16.2 Å². The number of hydrogen-bond acceptors (Lipinski definition) is 17. The lowest BCUT2D eigenvalue weighted by Crippen LogP contribution is -2.48. The molecule has 9 rings (SSSR count). The van der Waals surface area contributed by atoms with E-state index in [9.17, 15) is 29.4 Å². The molecule has 434 valence electrons. The maximum Gasteiger partial charge on any atom is 0.234 e. The van der Waals surface area contributed by atoms with Crippen LogP contribution in [-0.2, 0) is 33.4 Å². The number of rotatable bonds is 25. The van der Waals surface area contributed by atoms with Gasteiger partial charge in [-0.05, 0) is 71.8 Å². The smallest absolute Gasteiger partial charge is 0.234 e. The van der Waals surface area contributed by atoms with Crippen molar-refractivity contribution in [2.24, 2.45) is 0 Å². The lowest BCUT2D eigenvalue weighted by molar-refractivity contribution is -0.139. The largest absolute Gasteiger partial charge is 0.508 e. The number of nitrogens with zero attached hydrogens (tertiary/aromatic N) is 8. The van der Waals surface area contributed by atoms with Gasteiger partial charge in [0.25, 0.3) is 0 Å². The molecule has 3 amide bonds. The van der Waals surface area contributed by atoms with Gasteiger partial charge in [-0.25, -0.2) is 14.4 Å². The zero-order valence-electron chi connectivity index (χ0n) is 46.7. The van der Waals surface area contributed by atoms with E-state index in [2.05, 4.69) is 20.4 Å². The number of β-amino-alcohol motifs (C(OH)–C–C–N with tert-alkyl or cyclic N) is 1. The molecule has 1 unspecified atom stereocenters. The van der Waals surface area contributed by atoms with Gasteiger partial charge in [-0.3, -0.25) is 19.2 Å². The van der Waals surface area contributed by atoms with Crippen molar-refractivity contribution in [2.75, 3.05) is 103 Å². The first-order valence-corrected chi connectivity index (χ1v) is 28.9. The van der Waals surface area contributed by atoms with Crippen molar-refractivity contribution in [3.63, 3.8) is 0 Å². The molecule has 7 aromatic rings. The Kier molecular flexibility index (Phi) is 19.8. The third-order valence-corrected chi connectivity index (χ3v) is 16.4. The molecule has 82 heavy (non-hydrogen) atoms. The number of ketones is 1. The number of aliphatic hydroxyl groups excluding tert-OH is 1. The van der Waals surface area contributed by atoms with Gasteiger partial charge in [0.2, 0.25) is 23.7 Å². The van der Waals surface area contributed by atoms with Gasteiger partial charge in [-0.1, -0.05) is 72.2 Å². The molecule has 3 N–H and O–H groups in total. The van der Waals surface area contributed by atoms with Crippen LogP contribution >= 0.6 is 22.9 Å². The second-order valence-electron chi connectivity index (χ2n) is 20.9. The molecule has 0 bridgehead atoms. The van der Waals surface area contributed by atoms with Crippen LogP contribution in [0.1, 0.15) is 74.1 Å². The number of anilines is 2. The van der Waals surface area contributed by atoms with Crippen molar-refractivity contribution in [3.05, 3.63) is 112 Å². The van der Waals surface area contributed by atoms with Crippen molar-refractivity contribution in [2.45, 2.75) is 77.4 Å². The van der Waals surface area contributed by atoms with E-state index in [1.165, 1.54) is 17.9 Å². The summed E-state index contributed by atoms with van der Waals surface area (Å²) in [4.78, 5) is 75.1. The summed E-state index contributed by atoms with van der Waals surface area (Å²) in [6.07, 6.45) is -0.128. The van der Waals surface area contributed by atoms with Gasteiger partial charge < -0.3 is 53.9 Å². The average Bonchev–Trinajstić information content (AvgIpc) is 4.23. The van der Waals surface area contributed by atoms with Crippen molar-refractivity contribution in [1.82, 2.24) is 34.8 Å². The summed E-state index contributed by atoms with van der Waals surface area (Å²) in [6.45, 7) is 11.1. The van der Waals surface area contributed by atoms with E-state index in [1.807, 2.05) is 72.8 Å². The highest BCUT2D eigenvalue weighted by molar-refractivity contribution is 7.13. The summed E-state index contributed by atoms with van der Waals surface area (Å²) >= 11 is 8.47. The van der Waals surface area contributed by atoms with E-state index < -0.39 is 23.9 Å². The SMILES string of the molecule is CC(=O)N1CCN(c2nc(NCCC(=O)N(C)CCOCCOCCOCCC(C(=O)N3C[C@H](O)C[C@H]3C(=O)C[C@@H](C)c3ccc(-c4scnc4C)cc3)c3cc(C)no3)nc3c(F)c(-c4cc(O)cc5ccccc45)c(Cl)cc23)CC1. The Morgan fingerprint density at radius 1 is 0.927 bits per heavy atom. The fraction of sp³-hybridized carbons (Fsp3) is 0.433. The number of likely N-dealkylation sites (tertiary alicyclic amines) is 1. The predicted octanol–water partition coefficient (Wildman–Crippen LogP) is 8.55. The van der Waals surface area contributed by atoms with Crippen LogP contribution in [0.15, 0.2) is 82.8 Å². The Morgan fingerprint density at radius 2 is 1.65 bits per heavy atom. The Balaban J connectivity index is 0.707. The normalized spacial score (nSPS) is 16.3. The summed E-state index contributed by atoms with van der Waals surface area (Å²) in [5, 5.41) is 30.4. The number of carbonyl (C=O) groups excluding carboxylic acids is 4. The minimum atomic E-state index is -0.835. The van der Waals surface area contributed by atoms with Crippen LogP contribution in [0.3, 0.4) is 0 Å². The van der Waals surface area contributed by atoms with Gasteiger partial charge in [-0.2, -0.15) is 4.98 Å². The molecule has 22 heteroatoms. The lowest BCUT2D eigenvalue weighted by Gasteiger charge is -2.35. The minimum Gasteiger partial charge on any atom is -0.508 e. The van der Waals surface area contributed by atoms with Gasteiger partial charge in [-0.15, -0.1) is 11.3 Å². The van der Waals surface area contributed by atoms with Crippen LogP contribution in [0.25, 0.3) is 43.2 Å².